The highest BCUT2D eigenvalue weighted by Crippen LogP contribution is 2.37. The van der Waals surface area contributed by atoms with Crippen LogP contribution < -0.4 is 5.32 Å². The molecule has 1 amide bonds. The lowest BCUT2D eigenvalue weighted by Gasteiger charge is -2.08. The number of nitrogens with one attached hydrogen (secondary N) is 1. The first-order chi connectivity index (χ1) is 11.0. The van der Waals surface area contributed by atoms with Gasteiger partial charge in [0.1, 0.15) is 10.0 Å². The van der Waals surface area contributed by atoms with Crippen molar-refractivity contribution in [3.05, 3.63) is 10.0 Å². The number of terminal acetylenes is 1. The molecule has 0 atom stereocenters. The lowest BCUT2D eigenvalue weighted by atomic mass is 10.0. The number of aryl methyl sites for hydroxylation is 1. The van der Waals surface area contributed by atoms with Crippen LogP contribution >= 0.6 is 11.3 Å². The molecular weight excluding hydrogens is 318 g/mol. The number of aromatic nitrogens is 2. The standard InChI is InChI=1S/C14H17N5O3S/c1-2-3-7-14(18-19-14)8-6-10(20)15-9-12-17-16-11(23-12)4-5-13(21)22/h1H,3-9H2,(H,15,20)(H,21,22). The Labute approximate surface area is 137 Å². The highest BCUT2D eigenvalue weighted by Gasteiger charge is 2.39. The van der Waals surface area contributed by atoms with Gasteiger partial charge in [0.2, 0.25) is 5.91 Å². The number of carbonyl (C=O) groups is 2. The van der Waals surface area contributed by atoms with Gasteiger partial charge < -0.3 is 10.4 Å². The van der Waals surface area contributed by atoms with Crippen molar-refractivity contribution >= 4 is 23.2 Å². The van der Waals surface area contributed by atoms with E-state index in [-0.39, 0.29) is 18.9 Å². The van der Waals surface area contributed by atoms with E-state index in [0.29, 0.717) is 42.1 Å². The molecule has 122 valence electrons. The first-order valence-corrected chi connectivity index (χ1v) is 8.02. The second kappa shape index (κ2) is 7.78. The molecule has 23 heavy (non-hydrogen) atoms. The summed E-state index contributed by atoms with van der Waals surface area (Å²) in [6.45, 7) is 0.287. The smallest absolute Gasteiger partial charge is 0.303 e. The van der Waals surface area contributed by atoms with E-state index in [4.69, 9.17) is 11.5 Å². The van der Waals surface area contributed by atoms with E-state index in [1.807, 2.05) is 0 Å². The normalized spacial score (nSPS) is 14.2. The van der Waals surface area contributed by atoms with Crippen molar-refractivity contribution in [3.63, 3.8) is 0 Å². The molecule has 2 heterocycles. The molecule has 9 heteroatoms. The summed E-state index contributed by atoms with van der Waals surface area (Å²) < 4.78 is 0. The quantitative estimate of drug-likeness (QED) is 0.629. The number of carboxylic acids is 1. The van der Waals surface area contributed by atoms with Crippen LogP contribution in [0.2, 0.25) is 0 Å². The fourth-order valence-corrected chi connectivity index (χ4v) is 2.70. The van der Waals surface area contributed by atoms with Gasteiger partial charge in [-0.2, -0.15) is 10.2 Å². The minimum atomic E-state index is -0.871. The van der Waals surface area contributed by atoms with E-state index < -0.39 is 11.6 Å². The average molecular weight is 335 g/mol. The van der Waals surface area contributed by atoms with Crippen molar-refractivity contribution in [3.8, 4) is 12.3 Å². The molecule has 1 aromatic heterocycles. The number of amides is 1. The van der Waals surface area contributed by atoms with E-state index in [1.54, 1.807) is 0 Å². The Morgan fingerprint density at radius 3 is 2.61 bits per heavy atom. The summed E-state index contributed by atoms with van der Waals surface area (Å²) in [5.74, 6) is 1.57. The Morgan fingerprint density at radius 2 is 1.96 bits per heavy atom. The van der Waals surface area contributed by atoms with Crippen molar-refractivity contribution in [1.29, 1.82) is 0 Å². The molecule has 0 fully saturated rings. The molecule has 0 saturated carbocycles. The fraction of sp³-hybridized carbons (Fsp3) is 0.571. The SMILES string of the molecule is C#CCCC1(CCC(=O)NCc2nnc(CCC(=O)O)s2)N=N1. The highest BCUT2D eigenvalue weighted by atomic mass is 32.1. The molecule has 0 aliphatic carbocycles. The maximum Gasteiger partial charge on any atom is 0.303 e. The summed E-state index contributed by atoms with van der Waals surface area (Å²) in [4.78, 5) is 22.3. The summed E-state index contributed by atoms with van der Waals surface area (Å²) in [5, 5.41) is 28.5. The van der Waals surface area contributed by atoms with Crippen molar-refractivity contribution < 1.29 is 14.7 Å². The largest absolute Gasteiger partial charge is 0.481 e. The Balaban J connectivity index is 1.66. The topological polar surface area (TPSA) is 117 Å². The van der Waals surface area contributed by atoms with Gasteiger partial charge in [-0.25, -0.2) is 0 Å². The maximum atomic E-state index is 11.8. The summed E-state index contributed by atoms with van der Waals surface area (Å²) in [5.41, 5.74) is -0.448. The number of hydrogen-bond acceptors (Lipinski definition) is 7. The van der Waals surface area contributed by atoms with Crippen molar-refractivity contribution in [2.45, 2.75) is 50.7 Å². The van der Waals surface area contributed by atoms with Crippen LogP contribution in [0.3, 0.4) is 0 Å². The molecule has 1 aliphatic heterocycles. The third kappa shape index (κ3) is 5.75. The second-order valence-electron chi connectivity index (χ2n) is 5.15. The van der Waals surface area contributed by atoms with Gasteiger partial charge in [0.05, 0.1) is 13.0 Å². The van der Waals surface area contributed by atoms with E-state index in [9.17, 15) is 9.59 Å². The number of aliphatic carboxylic acids is 1. The van der Waals surface area contributed by atoms with E-state index in [2.05, 4.69) is 31.7 Å². The number of carboxylic acid groups (broad SMARTS) is 1. The third-order valence-electron chi connectivity index (χ3n) is 3.30. The third-order valence-corrected chi connectivity index (χ3v) is 4.29. The molecule has 1 aromatic rings. The van der Waals surface area contributed by atoms with Crippen LogP contribution in [0.15, 0.2) is 10.2 Å². The van der Waals surface area contributed by atoms with Crippen LogP contribution in [0, 0.1) is 12.3 Å². The molecule has 1 aliphatic rings. The molecule has 2 rings (SSSR count). The van der Waals surface area contributed by atoms with Gasteiger partial charge in [0.15, 0.2) is 5.66 Å². The maximum absolute atomic E-state index is 11.8. The van der Waals surface area contributed by atoms with Gasteiger partial charge in [-0.05, 0) is 0 Å². The zero-order valence-electron chi connectivity index (χ0n) is 12.5. The summed E-state index contributed by atoms with van der Waals surface area (Å²) in [6, 6.07) is 0. The lowest BCUT2D eigenvalue weighted by molar-refractivity contribution is -0.137. The van der Waals surface area contributed by atoms with Crippen LogP contribution in [0.25, 0.3) is 0 Å². The van der Waals surface area contributed by atoms with E-state index in [1.165, 1.54) is 11.3 Å². The highest BCUT2D eigenvalue weighted by molar-refractivity contribution is 7.11. The van der Waals surface area contributed by atoms with Crippen LogP contribution in [0.4, 0.5) is 0 Å². The van der Waals surface area contributed by atoms with Gasteiger partial charge in [-0.1, -0.05) is 11.3 Å². The van der Waals surface area contributed by atoms with Gasteiger partial charge in [0, 0.05) is 32.1 Å². The monoisotopic (exact) mass is 335 g/mol. The van der Waals surface area contributed by atoms with Crippen molar-refractivity contribution in [1.82, 2.24) is 15.5 Å². The van der Waals surface area contributed by atoms with Gasteiger partial charge >= 0.3 is 5.97 Å². The van der Waals surface area contributed by atoms with Crippen molar-refractivity contribution in [2.75, 3.05) is 0 Å². The molecule has 0 spiro atoms. The minimum absolute atomic E-state index is 0.0216. The Bertz CT molecular complexity index is 643. The Kier molecular flexibility index (Phi) is 5.76. The second-order valence-corrected chi connectivity index (χ2v) is 6.29. The van der Waals surface area contributed by atoms with E-state index >= 15 is 0 Å². The number of nitrogens with zero attached hydrogens (tertiary/aromatic N) is 4. The van der Waals surface area contributed by atoms with Crippen LogP contribution in [0.1, 0.15) is 42.1 Å². The summed E-state index contributed by atoms with van der Waals surface area (Å²) in [6.07, 6.45) is 7.74. The molecule has 2 N–H and O–H groups in total. The summed E-state index contributed by atoms with van der Waals surface area (Å²) >= 11 is 1.30. The summed E-state index contributed by atoms with van der Waals surface area (Å²) in [7, 11) is 0. The Hall–Kier alpha value is -2.34. The first kappa shape index (κ1) is 17.0. The molecule has 0 unspecified atom stereocenters. The molecule has 8 nitrogen and oxygen atoms in total. The molecule has 0 saturated heterocycles. The zero-order chi connectivity index (χ0) is 16.7. The van der Waals surface area contributed by atoms with Crippen LogP contribution in [-0.4, -0.2) is 32.8 Å². The number of hydrogen-bond donors (Lipinski definition) is 2. The number of carbonyl (C=O) groups excluding carboxylic acids is 1. The molecule has 0 radical (unpaired) electrons. The fourth-order valence-electron chi connectivity index (χ4n) is 1.92. The van der Waals surface area contributed by atoms with Crippen molar-refractivity contribution in [2.24, 2.45) is 10.2 Å². The van der Waals surface area contributed by atoms with Gasteiger partial charge in [-0.15, -0.1) is 22.5 Å². The Morgan fingerprint density at radius 1 is 1.22 bits per heavy atom. The lowest BCUT2D eigenvalue weighted by Crippen LogP contribution is -2.24. The zero-order valence-corrected chi connectivity index (χ0v) is 13.3. The molecule has 0 bridgehead atoms. The predicted molar refractivity (Wildman–Crippen MR) is 82.6 cm³/mol. The van der Waals surface area contributed by atoms with Crippen LogP contribution in [0.5, 0.6) is 0 Å². The van der Waals surface area contributed by atoms with Crippen LogP contribution in [-0.2, 0) is 22.6 Å². The number of rotatable bonds is 10. The molecular formula is C14H17N5O3S. The van der Waals surface area contributed by atoms with E-state index in [0.717, 1.165) is 0 Å². The molecule has 0 aromatic carbocycles. The minimum Gasteiger partial charge on any atom is -0.481 e. The average Bonchev–Trinajstić information content (AvgIpc) is 3.16. The van der Waals surface area contributed by atoms with Gasteiger partial charge in [-0.3, -0.25) is 9.59 Å². The first-order valence-electron chi connectivity index (χ1n) is 7.20. The van der Waals surface area contributed by atoms with Gasteiger partial charge in [0.25, 0.3) is 0 Å². The predicted octanol–water partition coefficient (Wildman–Crippen LogP) is 1.53.